The molecule has 1 unspecified atom stereocenters. The smallest absolute Gasteiger partial charge is 0.220 e. The van der Waals surface area contributed by atoms with Crippen molar-refractivity contribution in [2.75, 3.05) is 13.2 Å². The zero-order valence-corrected chi connectivity index (χ0v) is 15.7. The monoisotopic (exact) mass is 373 g/mol. The van der Waals surface area contributed by atoms with Crippen LogP contribution >= 0.6 is 11.6 Å². The summed E-state index contributed by atoms with van der Waals surface area (Å²) in [7, 11) is 0. The molecule has 4 nitrogen and oxygen atoms in total. The number of carbonyl (C=O) groups is 1. The number of aryl methyl sites for hydroxylation is 1. The topological polar surface area (TPSA) is 58.6 Å². The fraction of sp³-hybridized carbons (Fsp3) is 0.381. The van der Waals surface area contributed by atoms with Crippen molar-refractivity contribution in [1.29, 1.82) is 0 Å². The van der Waals surface area contributed by atoms with Gasteiger partial charge in [-0.05, 0) is 48.2 Å². The van der Waals surface area contributed by atoms with Crippen molar-refractivity contribution in [2.24, 2.45) is 0 Å². The number of fused-ring (bicyclic) bond motifs is 1. The molecule has 5 heteroatoms. The number of nitrogens with one attached hydrogen (secondary N) is 1. The summed E-state index contributed by atoms with van der Waals surface area (Å²) in [6, 6.07) is 14.1. The Morgan fingerprint density at radius 1 is 1.23 bits per heavy atom. The van der Waals surface area contributed by atoms with E-state index in [-0.39, 0.29) is 18.1 Å². The Balaban J connectivity index is 1.61. The van der Waals surface area contributed by atoms with Crippen LogP contribution in [0.15, 0.2) is 42.5 Å². The Bertz CT molecular complexity index is 775. The summed E-state index contributed by atoms with van der Waals surface area (Å²) in [5, 5.41) is 12.2. The Labute approximate surface area is 159 Å². The van der Waals surface area contributed by atoms with Gasteiger partial charge in [0.15, 0.2) is 0 Å². The molecule has 26 heavy (non-hydrogen) atoms. The molecule has 3 rings (SSSR count). The van der Waals surface area contributed by atoms with Gasteiger partial charge in [-0.15, -0.1) is 0 Å². The van der Waals surface area contributed by atoms with E-state index in [0.717, 1.165) is 29.2 Å². The Morgan fingerprint density at radius 3 is 2.69 bits per heavy atom. The van der Waals surface area contributed by atoms with Gasteiger partial charge in [0.2, 0.25) is 5.91 Å². The van der Waals surface area contributed by atoms with E-state index in [9.17, 15) is 4.79 Å². The minimum Gasteiger partial charge on any atom is -0.487 e. The van der Waals surface area contributed by atoms with Gasteiger partial charge in [0.1, 0.15) is 11.4 Å². The molecule has 138 valence electrons. The van der Waals surface area contributed by atoms with Gasteiger partial charge in [0.25, 0.3) is 0 Å². The highest BCUT2D eigenvalue weighted by Crippen LogP contribution is 2.37. The quantitative estimate of drug-likeness (QED) is 0.782. The van der Waals surface area contributed by atoms with Crippen molar-refractivity contribution in [3.8, 4) is 5.75 Å². The van der Waals surface area contributed by atoms with E-state index in [1.54, 1.807) is 0 Å². The summed E-state index contributed by atoms with van der Waals surface area (Å²) in [5.74, 6) is 0.887. The van der Waals surface area contributed by atoms with E-state index in [1.165, 1.54) is 11.1 Å². The molecule has 2 aromatic carbocycles. The van der Waals surface area contributed by atoms with E-state index in [2.05, 4.69) is 18.3 Å². The van der Waals surface area contributed by atoms with Crippen molar-refractivity contribution in [3.63, 3.8) is 0 Å². The fourth-order valence-corrected chi connectivity index (χ4v) is 3.53. The van der Waals surface area contributed by atoms with Crippen LogP contribution in [-0.2, 0) is 24.1 Å². The SMILES string of the molecule is CC1(Cc2ccc(Cl)cc2)Cc2cc(CCC(=O)NCCO)ccc2O1. The number of rotatable bonds is 7. The van der Waals surface area contributed by atoms with Crippen LogP contribution in [-0.4, -0.2) is 29.8 Å². The third-order valence-electron chi connectivity index (χ3n) is 4.61. The molecule has 0 aromatic heterocycles. The highest BCUT2D eigenvalue weighted by molar-refractivity contribution is 6.30. The molecule has 0 aliphatic carbocycles. The molecule has 0 fully saturated rings. The van der Waals surface area contributed by atoms with Crippen LogP contribution in [0.2, 0.25) is 5.02 Å². The number of carbonyl (C=O) groups excluding carboxylic acids is 1. The van der Waals surface area contributed by atoms with Crippen LogP contribution in [0, 0.1) is 0 Å². The van der Waals surface area contributed by atoms with E-state index in [0.29, 0.717) is 19.4 Å². The van der Waals surface area contributed by atoms with Gasteiger partial charge in [0.05, 0.1) is 6.61 Å². The normalized spacial score (nSPS) is 18.3. The van der Waals surface area contributed by atoms with Crippen LogP contribution in [0.3, 0.4) is 0 Å². The van der Waals surface area contributed by atoms with Crippen molar-refractivity contribution < 1.29 is 14.6 Å². The number of hydrogen-bond donors (Lipinski definition) is 2. The minimum absolute atomic E-state index is 0.0336. The predicted molar refractivity (Wildman–Crippen MR) is 103 cm³/mol. The Morgan fingerprint density at radius 2 is 1.96 bits per heavy atom. The molecule has 1 atom stereocenters. The standard InChI is InChI=1S/C21H24ClNO3/c1-21(13-16-2-6-18(22)7-3-16)14-17-12-15(4-8-19(17)26-21)5-9-20(25)23-10-11-24/h2-4,6-8,12,24H,5,9-11,13-14H2,1H3,(H,23,25). The summed E-state index contributed by atoms with van der Waals surface area (Å²) in [6.07, 6.45) is 2.76. The van der Waals surface area contributed by atoms with Gasteiger partial charge in [-0.1, -0.05) is 35.9 Å². The molecular formula is C21H24ClNO3. The van der Waals surface area contributed by atoms with Crippen molar-refractivity contribution in [1.82, 2.24) is 5.32 Å². The molecular weight excluding hydrogens is 350 g/mol. The summed E-state index contributed by atoms with van der Waals surface area (Å²) in [6.45, 7) is 2.40. The summed E-state index contributed by atoms with van der Waals surface area (Å²) in [4.78, 5) is 11.7. The maximum Gasteiger partial charge on any atom is 0.220 e. The highest BCUT2D eigenvalue weighted by Gasteiger charge is 2.35. The zero-order valence-electron chi connectivity index (χ0n) is 14.9. The molecule has 1 amide bonds. The number of aliphatic hydroxyl groups is 1. The first-order chi connectivity index (χ1) is 12.5. The number of halogens is 1. The summed E-state index contributed by atoms with van der Waals surface area (Å²) in [5.41, 5.74) is 3.25. The Hall–Kier alpha value is -2.04. The maximum atomic E-state index is 11.7. The van der Waals surface area contributed by atoms with Crippen molar-refractivity contribution >= 4 is 17.5 Å². The summed E-state index contributed by atoms with van der Waals surface area (Å²) >= 11 is 5.96. The largest absolute Gasteiger partial charge is 0.487 e. The molecule has 2 aromatic rings. The lowest BCUT2D eigenvalue weighted by molar-refractivity contribution is -0.121. The van der Waals surface area contributed by atoms with Gasteiger partial charge in [0, 0.05) is 30.8 Å². The first-order valence-corrected chi connectivity index (χ1v) is 9.28. The molecule has 0 spiro atoms. The average molecular weight is 374 g/mol. The first kappa shape index (κ1) is 18.7. The van der Waals surface area contributed by atoms with Gasteiger partial charge in [-0.2, -0.15) is 0 Å². The molecule has 2 N–H and O–H groups in total. The third kappa shape index (κ3) is 4.77. The molecule has 0 radical (unpaired) electrons. The average Bonchev–Trinajstić information content (AvgIpc) is 2.95. The maximum absolute atomic E-state index is 11.7. The van der Waals surface area contributed by atoms with Gasteiger partial charge in [-0.25, -0.2) is 0 Å². The lowest BCUT2D eigenvalue weighted by Crippen LogP contribution is -2.32. The van der Waals surface area contributed by atoms with Crippen molar-refractivity contribution in [2.45, 2.75) is 38.2 Å². The second-order valence-corrected chi connectivity index (χ2v) is 7.48. The van der Waals surface area contributed by atoms with E-state index in [1.807, 2.05) is 36.4 Å². The van der Waals surface area contributed by atoms with E-state index >= 15 is 0 Å². The number of ether oxygens (including phenoxy) is 1. The van der Waals surface area contributed by atoms with Crippen molar-refractivity contribution in [3.05, 3.63) is 64.2 Å². The first-order valence-electron chi connectivity index (χ1n) is 8.90. The molecule has 1 aliphatic heterocycles. The number of hydrogen-bond acceptors (Lipinski definition) is 3. The highest BCUT2D eigenvalue weighted by atomic mass is 35.5. The number of benzene rings is 2. The molecule has 0 saturated carbocycles. The fourth-order valence-electron chi connectivity index (χ4n) is 3.40. The number of amides is 1. The van der Waals surface area contributed by atoms with Crippen LogP contribution < -0.4 is 10.1 Å². The zero-order chi connectivity index (χ0) is 18.6. The van der Waals surface area contributed by atoms with Crippen LogP contribution in [0.5, 0.6) is 5.75 Å². The number of aliphatic hydroxyl groups excluding tert-OH is 1. The molecule has 1 heterocycles. The van der Waals surface area contributed by atoms with Crippen LogP contribution in [0.4, 0.5) is 0 Å². The lowest BCUT2D eigenvalue weighted by atomic mass is 9.91. The van der Waals surface area contributed by atoms with Gasteiger partial charge in [-0.3, -0.25) is 4.79 Å². The summed E-state index contributed by atoms with van der Waals surface area (Å²) < 4.78 is 6.22. The Kier molecular flexibility index (Phi) is 5.84. The van der Waals surface area contributed by atoms with E-state index < -0.39 is 0 Å². The molecule has 0 bridgehead atoms. The molecule has 0 saturated heterocycles. The molecule has 1 aliphatic rings. The second-order valence-electron chi connectivity index (χ2n) is 7.05. The van der Waals surface area contributed by atoms with Crippen LogP contribution in [0.1, 0.15) is 30.0 Å². The second kappa shape index (κ2) is 8.11. The lowest BCUT2D eigenvalue weighted by Gasteiger charge is -2.24. The third-order valence-corrected chi connectivity index (χ3v) is 4.86. The van der Waals surface area contributed by atoms with Gasteiger partial charge >= 0.3 is 0 Å². The van der Waals surface area contributed by atoms with Gasteiger partial charge < -0.3 is 15.2 Å². The minimum atomic E-state index is -0.271. The predicted octanol–water partition coefficient (Wildman–Crippen LogP) is 3.32. The van der Waals surface area contributed by atoms with Crippen LogP contribution in [0.25, 0.3) is 0 Å². The van der Waals surface area contributed by atoms with E-state index in [4.69, 9.17) is 21.4 Å².